The molecule has 2 rings (SSSR count). The lowest BCUT2D eigenvalue weighted by Crippen LogP contribution is -2.54. The van der Waals surface area contributed by atoms with Crippen LogP contribution in [0.1, 0.15) is 32.3 Å². The first-order chi connectivity index (χ1) is 8.00. The highest BCUT2D eigenvalue weighted by Gasteiger charge is 2.34. The van der Waals surface area contributed by atoms with E-state index < -0.39 is 5.41 Å². The van der Waals surface area contributed by atoms with Crippen molar-refractivity contribution in [2.45, 2.75) is 44.2 Å². The van der Waals surface area contributed by atoms with Gasteiger partial charge in [0, 0.05) is 12.1 Å². The second kappa shape index (κ2) is 4.49. The number of carbonyl (C=O) groups is 1. The smallest absolute Gasteiger partial charge is 0.230 e. The fourth-order valence-electron chi connectivity index (χ4n) is 2.13. The summed E-state index contributed by atoms with van der Waals surface area (Å²) in [5.41, 5.74) is 6.27. The number of hydrogen-bond donors (Lipinski definition) is 2. The monoisotopic (exact) mass is 232 g/mol. The molecule has 0 bridgehead atoms. The molecule has 0 aromatic heterocycles. The van der Waals surface area contributed by atoms with Gasteiger partial charge in [-0.05, 0) is 32.3 Å². The van der Waals surface area contributed by atoms with Crippen LogP contribution in [0.4, 0.5) is 0 Å². The minimum Gasteiger partial charge on any atom is -0.352 e. The van der Waals surface area contributed by atoms with Crippen LogP contribution in [-0.4, -0.2) is 18.0 Å². The van der Waals surface area contributed by atoms with E-state index in [1.807, 2.05) is 44.2 Å². The van der Waals surface area contributed by atoms with Crippen LogP contribution in [0.3, 0.4) is 0 Å². The Kier molecular flexibility index (Phi) is 3.20. The van der Waals surface area contributed by atoms with Crippen LogP contribution in [0.25, 0.3) is 0 Å². The Morgan fingerprint density at radius 2 is 1.88 bits per heavy atom. The molecule has 0 atom stereocenters. The minimum absolute atomic E-state index is 0.0839. The SMILES string of the molecule is CC(C)(C(=O)NC1CC(N)C1)c1ccccc1. The zero-order chi connectivity index (χ0) is 12.5. The maximum atomic E-state index is 12.2. The second-order valence-electron chi connectivity index (χ2n) is 5.39. The number of rotatable bonds is 3. The summed E-state index contributed by atoms with van der Waals surface area (Å²) in [6.45, 7) is 3.91. The predicted octanol–water partition coefficient (Wildman–Crippen LogP) is 1.57. The molecule has 1 aliphatic carbocycles. The molecule has 1 fully saturated rings. The second-order valence-corrected chi connectivity index (χ2v) is 5.39. The number of carbonyl (C=O) groups excluding carboxylic acids is 1. The fraction of sp³-hybridized carbons (Fsp3) is 0.500. The van der Waals surface area contributed by atoms with Gasteiger partial charge in [0.2, 0.25) is 5.91 Å². The van der Waals surface area contributed by atoms with E-state index in [0.29, 0.717) is 0 Å². The van der Waals surface area contributed by atoms with Crippen molar-refractivity contribution < 1.29 is 4.79 Å². The molecule has 17 heavy (non-hydrogen) atoms. The third-order valence-corrected chi connectivity index (χ3v) is 3.57. The molecule has 0 radical (unpaired) electrons. The van der Waals surface area contributed by atoms with Gasteiger partial charge in [-0.15, -0.1) is 0 Å². The van der Waals surface area contributed by atoms with Crippen molar-refractivity contribution in [3.8, 4) is 0 Å². The molecular weight excluding hydrogens is 212 g/mol. The van der Waals surface area contributed by atoms with Gasteiger partial charge in [0.1, 0.15) is 0 Å². The predicted molar refractivity (Wildman–Crippen MR) is 68.6 cm³/mol. The summed E-state index contributed by atoms with van der Waals surface area (Å²) >= 11 is 0. The molecule has 92 valence electrons. The molecule has 0 heterocycles. The Hall–Kier alpha value is -1.35. The van der Waals surface area contributed by atoms with Gasteiger partial charge in [0.15, 0.2) is 0 Å². The highest BCUT2D eigenvalue weighted by Crippen LogP contribution is 2.25. The number of amides is 1. The van der Waals surface area contributed by atoms with Gasteiger partial charge in [0.05, 0.1) is 5.41 Å². The minimum atomic E-state index is -0.485. The van der Waals surface area contributed by atoms with Crippen molar-refractivity contribution in [2.24, 2.45) is 5.73 Å². The van der Waals surface area contributed by atoms with E-state index >= 15 is 0 Å². The summed E-state index contributed by atoms with van der Waals surface area (Å²) < 4.78 is 0. The van der Waals surface area contributed by atoms with Crippen molar-refractivity contribution in [3.63, 3.8) is 0 Å². The van der Waals surface area contributed by atoms with Crippen LogP contribution in [-0.2, 0) is 10.2 Å². The Balaban J connectivity index is 2.02. The Labute approximate surface area is 102 Å². The highest BCUT2D eigenvalue weighted by molar-refractivity contribution is 5.87. The summed E-state index contributed by atoms with van der Waals surface area (Å²) in [6.07, 6.45) is 1.80. The summed E-state index contributed by atoms with van der Waals surface area (Å²) in [6, 6.07) is 10.4. The Morgan fingerprint density at radius 1 is 1.29 bits per heavy atom. The number of hydrogen-bond acceptors (Lipinski definition) is 2. The van der Waals surface area contributed by atoms with E-state index in [2.05, 4.69) is 5.32 Å². The topological polar surface area (TPSA) is 55.1 Å². The third kappa shape index (κ3) is 2.50. The molecule has 3 N–H and O–H groups in total. The third-order valence-electron chi connectivity index (χ3n) is 3.57. The van der Waals surface area contributed by atoms with E-state index in [0.717, 1.165) is 18.4 Å². The molecule has 3 heteroatoms. The van der Waals surface area contributed by atoms with E-state index in [-0.39, 0.29) is 18.0 Å². The first kappa shape index (κ1) is 12.1. The van der Waals surface area contributed by atoms with E-state index in [9.17, 15) is 4.79 Å². The molecule has 1 aliphatic rings. The quantitative estimate of drug-likeness (QED) is 0.831. The molecule has 1 amide bonds. The summed E-state index contributed by atoms with van der Waals surface area (Å²) in [5, 5.41) is 3.07. The lowest BCUT2D eigenvalue weighted by atomic mass is 9.81. The van der Waals surface area contributed by atoms with Crippen LogP contribution < -0.4 is 11.1 Å². The standard InChI is InChI=1S/C14H20N2O/c1-14(2,10-6-4-3-5-7-10)13(17)16-12-8-11(15)9-12/h3-7,11-12H,8-9,15H2,1-2H3,(H,16,17). The van der Waals surface area contributed by atoms with Crippen LogP contribution in [0.2, 0.25) is 0 Å². The number of benzene rings is 1. The van der Waals surface area contributed by atoms with Crippen LogP contribution in [0, 0.1) is 0 Å². The molecule has 1 aromatic rings. The van der Waals surface area contributed by atoms with E-state index in [1.54, 1.807) is 0 Å². The van der Waals surface area contributed by atoms with Gasteiger partial charge < -0.3 is 11.1 Å². The average molecular weight is 232 g/mol. The first-order valence-electron chi connectivity index (χ1n) is 6.12. The van der Waals surface area contributed by atoms with Gasteiger partial charge in [-0.25, -0.2) is 0 Å². The van der Waals surface area contributed by atoms with Crippen molar-refractivity contribution in [2.75, 3.05) is 0 Å². The van der Waals surface area contributed by atoms with Gasteiger partial charge in [-0.3, -0.25) is 4.79 Å². The zero-order valence-corrected chi connectivity index (χ0v) is 10.4. The number of nitrogens with one attached hydrogen (secondary N) is 1. The van der Waals surface area contributed by atoms with E-state index in [4.69, 9.17) is 5.73 Å². The Morgan fingerprint density at radius 3 is 2.41 bits per heavy atom. The molecule has 1 aromatic carbocycles. The Bertz CT molecular complexity index is 394. The normalized spacial score (nSPS) is 23.9. The number of nitrogens with two attached hydrogens (primary N) is 1. The molecular formula is C14H20N2O. The van der Waals surface area contributed by atoms with Gasteiger partial charge >= 0.3 is 0 Å². The summed E-state index contributed by atoms with van der Waals surface area (Å²) in [5.74, 6) is 0.0839. The first-order valence-corrected chi connectivity index (χ1v) is 6.12. The molecule has 3 nitrogen and oxygen atoms in total. The highest BCUT2D eigenvalue weighted by atomic mass is 16.2. The molecule has 0 saturated heterocycles. The van der Waals surface area contributed by atoms with E-state index in [1.165, 1.54) is 0 Å². The lowest BCUT2D eigenvalue weighted by Gasteiger charge is -2.36. The molecule has 0 aliphatic heterocycles. The molecule has 1 saturated carbocycles. The summed E-state index contributed by atoms with van der Waals surface area (Å²) in [7, 11) is 0. The summed E-state index contributed by atoms with van der Waals surface area (Å²) in [4.78, 5) is 12.2. The largest absolute Gasteiger partial charge is 0.352 e. The van der Waals surface area contributed by atoms with Crippen molar-refractivity contribution >= 4 is 5.91 Å². The maximum absolute atomic E-state index is 12.2. The van der Waals surface area contributed by atoms with Crippen molar-refractivity contribution in [3.05, 3.63) is 35.9 Å². The van der Waals surface area contributed by atoms with Gasteiger partial charge in [0.25, 0.3) is 0 Å². The van der Waals surface area contributed by atoms with Crippen molar-refractivity contribution in [1.29, 1.82) is 0 Å². The van der Waals surface area contributed by atoms with Gasteiger partial charge in [-0.2, -0.15) is 0 Å². The van der Waals surface area contributed by atoms with Gasteiger partial charge in [-0.1, -0.05) is 30.3 Å². The molecule has 0 unspecified atom stereocenters. The average Bonchev–Trinajstić information content (AvgIpc) is 2.28. The maximum Gasteiger partial charge on any atom is 0.230 e. The van der Waals surface area contributed by atoms with Crippen molar-refractivity contribution in [1.82, 2.24) is 5.32 Å². The molecule has 0 spiro atoms. The lowest BCUT2D eigenvalue weighted by molar-refractivity contribution is -0.127. The zero-order valence-electron chi connectivity index (χ0n) is 10.4. The van der Waals surface area contributed by atoms with Crippen LogP contribution in [0.15, 0.2) is 30.3 Å². The van der Waals surface area contributed by atoms with Crippen LogP contribution >= 0.6 is 0 Å². The van der Waals surface area contributed by atoms with Crippen LogP contribution in [0.5, 0.6) is 0 Å². The fourth-order valence-corrected chi connectivity index (χ4v) is 2.13.